The summed E-state index contributed by atoms with van der Waals surface area (Å²) in [6, 6.07) is 13.5. The largest absolute Gasteiger partial charge is 0.481 e. The topological polar surface area (TPSA) is 63.6 Å². The third-order valence-corrected chi connectivity index (χ3v) is 3.04. The lowest BCUT2D eigenvalue weighted by atomic mass is 10.1. The zero-order valence-corrected chi connectivity index (χ0v) is 11.8. The summed E-state index contributed by atoms with van der Waals surface area (Å²) in [4.78, 5) is 22.2. The second-order valence-electron chi connectivity index (χ2n) is 4.40. The number of halogens is 1. The van der Waals surface area contributed by atoms with Gasteiger partial charge < -0.3 is 9.84 Å². The SMILES string of the molecule is O=C(O)CCC(=O)c1ccc(Oc2ccc(Cl)cc2)cc1. The summed E-state index contributed by atoms with van der Waals surface area (Å²) in [6.07, 6.45) is -0.172. The number of rotatable bonds is 6. The summed E-state index contributed by atoms with van der Waals surface area (Å²) < 4.78 is 5.60. The summed E-state index contributed by atoms with van der Waals surface area (Å²) in [5.41, 5.74) is 0.472. The van der Waals surface area contributed by atoms with Crippen LogP contribution in [0.4, 0.5) is 0 Å². The van der Waals surface area contributed by atoms with Crippen LogP contribution in [0.2, 0.25) is 5.02 Å². The molecule has 21 heavy (non-hydrogen) atoms. The maximum absolute atomic E-state index is 11.7. The molecule has 1 N–H and O–H groups in total. The Morgan fingerprint density at radius 3 is 1.95 bits per heavy atom. The van der Waals surface area contributed by atoms with Gasteiger partial charge in [0, 0.05) is 17.0 Å². The van der Waals surface area contributed by atoms with Crippen molar-refractivity contribution in [1.29, 1.82) is 0 Å². The molecule has 0 unspecified atom stereocenters. The summed E-state index contributed by atoms with van der Waals surface area (Å²) in [5, 5.41) is 9.18. The van der Waals surface area contributed by atoms with Crippen molar-refractivity contribution in [3.05, 3.63) is 59.1 Å². The van der Waals surface area contributed by atoms with Gasteiger partial charge in [-0.25, -0.2) is 0 Å². The van der Waals surface area contributed by atoms with Crippen LogP contribution in [0.15, 0.2) is 48.5 Å². The molecule has 0 bridgehead atoms. The molecule has 0 amide bonds. The lowest BCUT2D eigenvalue weighted by Gasteiger charge is -2.06. The maximum Gasteiger partial charge on any atom is 0.303 e. The molecule has 0 fully saturated rings. The number of carboxylic acids is 1. The molecule has 4 nitrogen and oxygen atoms in total. The molecule has 5 heteroatoms. The number of ketones is 1. The van der Waals surface area contributed by atoms with Crippen molar-refractivity contribution in [2.75, 3.05) is 0 Å². The highest BCUT2D eigenvalue weighted by atomic mass is 35.5. The van der Waals surface area contributed by atoms with Gasteiger partial charge in [-0.3, -0.25) is 9.59 Å². The molecule has 0 spiro atoms. The minimum atomic E-state index is -0.981. The van der Waals surface area contributed by atoms with Crippen LogP contribution in [0, 0.1) is 0 Å². The molecule has 0 aliphatic heterocycles. The minimum absolute atomic E-state index is 0.00722. The summed E-state index contributed by atoms with van der Waals surface area (Å²) in [6.45, 7) is 0. The molecule has 0 saturated carbocycles. The third-order valence-electron chi connectivity index (χ3n) is 2.79. The van der Waals surface area contributed by atoms with Crippen molar-refractivity contribution in [1.82, 2.24) is 0 Å². The van der Waals surface area contributed by atoms with Crippen LogP contribution in [-0.2, 0) is 4.79 Å². The van der Waals surface area contributed by atoms with E-state index < -0.39 is 5.97 Å². The standard InChI is InChI=1S/C16H13ClO4/c17-12-3-7-14(8-4-12)21-13-5-1-11(2-6-13)15(18)9-10-16(19)20/h1-8H,9-10H2,(H,19,20). The van der Waals surface area contributed by atoms with E-state index in [1.54, 1.807) is 48.5 Å². The van der Waals surface area contributed by atoms with Gasteiger partial charge in [0.2, 0.25) is 0 Å². The quantitative estimate of drug-likeness (QED) is 0.813. The van der Waals surface area contributed by atoms with Gasteiger partial charge in [-0.05, 0) is 48.5 Å². The lowest BCUT2D eigenvalue weighted by molar-refractivity contribution is -0.136. The summed E-state index contributed by atoms with van der Waals surface area (Å²) >= 11 is 5.79. The van der Waals surface area contributed by atoms with Gasteiger partial charge >= 0.3 is 5.97 Å². The highest BCUT2D eigenvalue weighted by Gasteiger charge is 2.08. The molecule has 0 aliphatic rings. The Balaban J connectivity index is 2.00. The molecule has 2 aromatic carbocycles. The van der Waals surface area contributed by atoms with E-state index in [4.69, 9.17) is 21.4 Å². The molecular weight excluding hydrogens is 292 g/mol. The van der Waals surface area contributed by atoms with Gasteiger partial charge in [0.15, 0.2) is 5.78 Å². The maximum atomic E-state index is 11.7. The van der Waals surface area contributed by atoms with Crippen LogP contribution < -0.4 is 4.74 Å². The van der Waals surface area contributed by atoms with E-state index in [2.05, 4.69) is 0 Å². The highest BCUT2D eigenvalue weighted by molar-refractivity contribution is 6.30. The number of hydrogen-bond acceptors (Lipinski definition) is 3. The van der Waals surface area contributed by atoms with E-state index in [1.165, 1.54) is 0 Å². The number of Topliss-reactive ketones (excluding diaryl/α,β-unsaturated/α-hetero) is 1. The second kappa shape index (κ2) is 6.90. The van der Waals surface area contributed by atoms with E-state index >= 15 is 0 Å². The molecule has 0 radical (unpaired) electrons. The third kappa shape index (κ3) is 4.61. The number of carboxylic acid groups (broad SMARTS) is 1. The number of carbonyl (C=O) groups is 2. The molecule has 2 rings (SSSR count). The molecule has 0 atom stereocenters. The van der Waals surface area contributed by atoms with Crippen molar-refractivity contribution in [2.45, 2.75) is 12.8 Å². The highest BCUT2D eigenvalue weighted by Crippen LogP contribution is 2.23. The van der Waals surface area contributed by atoms with Crippen LogP contribution in [0.5, 0.6) is 11.5 Å². The Bertz CT molecular complexity index is 632. The van der Waals surface area contributed by atoms with Crippen LogP contribution in [0.3, 0.4) is 0 Å². The molecule has 0 aromatic heterocycles. The van der Waals surface area contributed by atoms with Crippen LogP contribution in [0.25, 0.3) is 0 Å². The van der Waals surface area contributed by atoms with Crippen LogP contribution in [0.1, 0.15) is 23.2 Å². The predicted octanol–water partition coefficient (Wildman–Crippen LogP) is 4.18. The monoisotopic (exact) mass is 304 g/mol. The first-order valence-corrected chi connectivity index (χ1v) is 6.71. The number of carbonyl (C=O) groups excluding carboxylic acids is 1. The molecule has 0 aliphatic carbocycles. The van der Waals surface area contributed by atoms with E-state index in [0.717, 1.165) is 0 Å². The fourth-order valence-corrected chi connectivity index (χ4v) is 1.84. The Morgan fingerprint density at radius 1 is 0.905 bits per heavy atom. The fourth-order valence-electron chi connectivity index (χ4n) is 1.71. The first kappa shape index (κ1) is 15.1. The zero-order chi connectivity index (χ0) is 15.2. The van der Waals surface area contributed by atoms with Gasteiger partial charge in [0.05, 0.1) is 6.42 Å². The fraction of sp³-hybridized carbons (Fsp3) is 0.125. The average molecular weight is 305 g/mol. The Hall–Kier alpha value is -2.33. The minimum Gasteiger partial charge on any atom is -0.481 e. The van der Waals surface area contributed by atoms with Crippen LogP contribution >= 0.6 is 11.6 Å². The number of benzene rings is 2. The average Bonchev–Trinajstić information content (AvgIpc) is 2.48. The summed E-state index contributed by atoms with van der Waals surface area (Å²) in [7, 11) is 0. The van der Waals surface area contributed by atoms with Crippen molar-refractivity contribution in [3.63, 3.8) is 0 Å². The van der Waals surface area contributed by atoms with E-state index in [9.17, 15) is 9.59 Å². The molecule has 0 heterocycles. The van der Waals surface area contributed by atoms with E-state index in [-0.39, 0.29) is 18.6 Å². The molecule has 108 valence electrons. The molecular formula is C16H13ClO4. The van der Waals surface area contributed by atoms with Gasteiger partial charge in [-0.15, -0.1) is 0 Å². The van der Waals surface area contributed by atoms with E-state index in [0.29, 0.717) is 22.1 Å². The van der Waals surface area contributed by atoms with Crippen molar-refractivity contribution < 1.29 is 19.4 Å². The van der Waals surface area contributed by atoms with Gasteiger partial charge in [-0.1, -0.05) is 11.6 Å². The number of ether oxygens (including phenoxy) is 1. The Morgan fingerprint density at radius 2 is 1.43 bits per heavy atom. The second-order valence-corrected chi connectivity index (χ2v) is 4.83. The smallest absolute Gasteiger partial charge is 0.303 e. The van der Waals surface area contributed by atoms with E-state index in [1.807, 2.05) is 0 Å². The normalized spacial score (nSPS) is 10.1. The Kier molecular flexibility index (Phi) is 4.95. The van der Waals surface area contributed by atoms with Crippen molar-refractivity contribution in [2.24, 2.45) is 0 Å². The zero-order valence-electron chi connectivity index (χ0n) is 11.1. The van der Waals surface area contributed by atoms with Crippen molar-refractivity contribution in [3.8, 4) is 11.5 Å². The van der Waals surface area contributed by atoms with Gasteiger partial charge in [0.1, 0.15) is 11.5 Å². The van der Waals surface area contributed by atoms with Gasteiger partial charge in [0.25, 0.3) is 0 Å². The summed E-state index contributed by atoms with van der Waals surface area (Å²) in [5.74, 6) is 0.0537. The first-order valence-electron chi connectivity index (χ1n) is 6.33. The van der Waals surface area contributed by atoms with Crippen LogP contribution in [-0.4, -0.2) is 16.9 Å². The Labute approximate surface area is 126 Å². The first-order chi connectivity index (χ1) is 10.0. The number of aliphatic carboxylic acids is 1. The van der Waals surface area contributed by atoms with Gasteiger partial charge in [-0.2, -0.15) is 0 Å². The van der Waals surface area contributed by atoms with Crippen molar-refractivity contribution >= 4 is 23.4 Å². The molecule has 0 saturated heterocycles. The lowest BCUT2D eigenvalue weighted by Crippen LogP contribution is -2.03. The predicted molar refractivity (Wildman–Crippen MR) is 79.2 cm³/mol. The number of hydrogen-bond donors (Lipinski definition) is 1. The molecule has 2 aromatic rings.